The van der Waals surface area contributed by atoms with Gasteiger partial charge in [-0.2, -0.15) is 0 Å². The number of para-hydroxylation sites is 1. The lowest BCUT2D eigenvalue weighted by Gasteiger charge is -2.14. The first kappa shape index (κ1) is 19.5. The van der Waals surface area contributed by atoms with Crippen LogP contribution < -0.4 is 5.32 Å². The van der Waals surface area contributed by atoms with Crippen molar-refractivity contribution in [3.8, 4) is 0 Å². The van der Waals surface area contributed by atoms with Crippen molar-refractivity contribution < 1.29 is 23.6 Å². The second-order valence-corrected chi connectivity index (χ2v) is 6.22. The Hall–Kier alpha value is -2.81. The van der Waals surface area contributed by atoms with Crippen molar-refractivity contribution in [2.24, 2.45) is 0 Å². The summed E-state index contributed by atoms with van der Waals surface area (Å²) in [5.74, 6) is -2.17. The summed E-state index contributed by atoms with van der Waals surface area (Å²) < 4.78 is 19.2. The van der Waals surface area contributed by atoms with Crippen LogP contribution in [0.5, 0.6) is 0 Å². The SMILES string of the molecule is CC(OC(=O)Cc1ccccc1[N+](=O)[O-])C(=O)Nc1ccc(Br)cc1F. The van der Waals surface area contributed by atoms with E-state index in [-0.39, 0.29) is 23.4 Å². The van der Waals surface area contributed by atoms with Gasteiger partial charge in [0, 0.05) is 16.1 Å². The number of rotatable bonds is 6. The van der Waals surface area contributed by atoms with Crippen LogP contribution in [0.1, 0.15) is 12.5 Å². The lowest BCUT2D eigenvalue weighted by Crippen LogP contribution is -2.30. The normalized spacial score (nSPS) is 11.5. The molecule has 0 bridgehead atoms. The van der Waals surface area contributed by atoms with E-state index >= 15 is 0 Å². The largest absolute Gasteiger partial charge is 0.452 e. The molecule has 2 aromatic carbocycles. The first-order valence-corrected chi connectivity index (χ1v) is 8.25. The summed E-state index contributed by atoms with van der Waals surface area (Å²) in [4.78, 5) is 34.3. The molecule has 0 saturated carbocycles. The van der Waals surface area contributed by atoms with Crippen LogP contribution in [0.3, 0.4) is 0 Å². The van der Waals surface area contributed by atoms with Crippen molar-refractivity contribution in [3.05, 3.63) is 68.4 Å². The summed E-state index contributed by atoms with van der Waals surface area (Å²) >= 11 is 3.10. The predicted octanol–water partition coefficient (Wildman–Crippen LogP) is 3.61. The molecule has 1 atom stereocenters. The van der Waals surface area contributed by atoms with Gasteiger partial charge in [0.1, 0.15) is 5.82 Å². The van der Waals surface area contributed by atoms with Crippen molar-refractivity contribution in [2.75, 3.05) is 5.32 Å². The van der Waals surface area contributed by atoms with Crippen LogP contribution in [0.25, 0.3) is 0 Å². The monoisotopic (exact) mass is 424 g/mol. The summed E-state index contributed by atoms with van der Waals surface area (Å²) in [6.07, 6.45) is -1.56. The quantitative estimate of drug-likeness (QED) is 0.433. The molecule has 1 N–H and O–H groups in total. The highest BCUT2D eigenvalue weighted by Gasteiger charge is 2.22. The minimum absolute atomic E-state index is 0.0557. The molecule has 0 saturated heterocycles. The predicted molar refractivity (Wildman–Crippen MR) is 95.1 cm³/mol. The van der Waals surface area contributed by atoms with E-state index in [0.29, 0.717) is 4.47 Å². The first-order chi connectivity index (χ1) is 12.3. The molecule has 0 spiro atoms. The molecule has 0 radical (unpaired) electrons. The molecule has 0 aliphatic carbocycles. The van der Waals surface area contributed by atoms with E-state index in [2.05, 4.69) is 21.2 Å². The third kappa shape index (κ3) is 5.09. The lowest BCUT2D eigenvalue weighted by atomic mass is 10.1. The van der Waals surface area contributed by atoms with Crippen LogP contribution >= 0.6 is 15.9 Å². The maximum Gasteiger partial charge on any atom is 0.311 e. The summed E-state index contributed by atoms with van der Waals surface area (Å²) in [7, 11) is 0. The molecule has 2 rings (SSSR count). The minimum atomic E-state index is -1.20. The minimum Gasteiger partial charge on any atom is -0.452 e. The molecular formula is C17H14BrFN2O5. The van der Waals surface area contributed by atoms with Crippen LogP contribution in [0.15, 0.2) is 46.9 Å². The molecule has 2 aromatic rings. The van der Waals surface area contributed by atoms with Crippen LogP contribution in [0, 0.1) is 15.9 Å². The number of carbonyl (C=O) groups excluding carboxylic acids is 2. The second-order valence-electron chi connectivity index (χ2n) is 5.31. The molecule has 1 amide bonds. The van der Waals surface area contributed by atoms with Crippen molar-refractivity contribution in [3.63, 3.8) is 0 Å². The van der Waals surface area contributed by atoms with Gasteiger partial charge in [-0.1, -0.05) is 34.1 Å². The number of esters is 1. The van der Waals surface area contributed by atoms with E-state index in [9.17, 15) is 24.1 Å². The number of halogens is 2. The topological polar surface area (TPSA) is 98.5 Å². The summed E-state index contributed by atoms with van der Waals surface area (Å²) in [6.45, 7) is 1.32. The summed E-state index contributed by atoms with van der Waals surface area (Å²) in [6, 6.07) is 9.83. The maximum absolute atomic E-state index is 13.7. The van der Waals surface area contributed by atoms with Gasteiger partial charge in [0.25, 0.3) is 11.6 Å². The van der Waals surface area contributed by atoms with Crippen LogP contribution in [-0.2, 0) is 20.7 Å². The lowest BCUT2D eigenvalue weighted by molar-refractivity contribution is -0.385. The molecule has 7 nitrogen and oxygen atoms in total. The van der Waals surface area contributed by atoms with Gasteiger partial charge < -0.3 is 10.1 Å². The van der Waals surface area contributed by atoms with E-state index in [4.69, 9.17) is 4.74 Å². The molecule has 9 heteroatoms. The van der Waals surface area contributed by atoms with Gasteiger partial charge in [-0.05, 0) is 25.1 Å². The van der Waals surface area contributed by atoms with Crippen molar-refractivity contribution >= 4 is 39.2 Å². The Balaban J connectivity index is 1.98. The Bertz CT molecular complexity index is 859. The van der Waals surface area contributed by atoms with E-state index in [1.54, 1.807) is 12.1 Å². The first-order valence-electron chi connectivity index (χ1n) is 7.45. The second kappa shape index (κ2) is 8.52. The van der Waals surface area contributed by atoms with Crippen molar-refractivity contribution in [1.82, 2.24) is 0 Å². The third-order valence-corrected chi connectivity index (χ3v) is 3.88. The zero-order valence-electron chi connectivity index (χ0n) is 13.6. The number of hydrogen-bond donors (Lipinski definition) is 1. The van der Waals surface area contributed by atoms with Crippen LogP contribution in [-0.4, -0.2) is 22.9 Å². The Morgan fingerprint density at radius 3 is 2.65 bits per heavy atom. The van der Waals surface area contributed by atoms with Gasteiger partial charge in [0.15, 0.2) is 6.10 Å². The molecule has 26 heavy (non-hydrogen) atoms. The number of hydrogen-bond acceptors (Lipinski definition) is 5. The molecule has 0 fully saturated rings. The number of amides is 1. The standard InChI is InChI=1S/C17H14BrFN2O5/c1-10(17(23)20-14-7-6-12(18)9-13(14)19)26-16(22)8-11-4-2-3-5-15(11)21(24)25/h2-7,9-10H,8H2,1H3,(H,20,23). The van der Waals surface area contributed by atoms with Gasteiger partial charge in [-0.25, -0.2) is 4.39 Å². The Morgan fingerprint density at radius 2 is 2.00 bits per heavy atom. The number of nitro benzene ring substituents is 1. The smallest absolute Gasteiger partial charge is 0.311 e. The number of carbonyl (C=O) groups is 2. The van der Waals surface area contributed by atoms with Crippen LogP contribution in [0.4, 0.5) is 15.8 Å². The maximum atomic E-state index is 13.7. The van der Waals surface area contributed by atoms with Crippen molar-refractivity contribution in [2.45, 2.75) is 19.4 Å². The molecule has 0 aliphatic heterocycles. The highest BCUT2D eigenvalue weighted by atomic mass is 79.9. The molecule has 1 unspecified atom stereocenters. The van der Waals surface area contributed by atoms with Crippen molar-refractivity contribution in [1.29, 1.82) is 0 Å². The third-order valence-electron chi connectivity index (χ3n) is 3.39. The Morgan fingerprint density at radius 1 is 1.31 bits per heavy atom. The van der Waals surface area contributed by atoms with E-state index < -0.39 is 28.7 Å². The van der Waals surface area contributed by atoms with Gasteiger partial charge in [0.05, 0.1) is 17.0 Å². The molecule has 0 aliphatic rings. The highest BCUT2D eigenvalue weighted by molar-refractivity contribution is 9.10. The Labute approximate surface area is 156 Å². The van der Waals surface area contributed by atoms with E-state index in [0.717, 1.165) is 0 Å². The number of anilines is 1. The summed E-state index contributed by atoms with van der Waals surface area (Å²) in [5.41, 5.74) is -0.0904. The Kier molecular flexibility index (Phi) is 6.40. The molecule has 0 heterocycles. The van der Waals surface area contributed by atoms with Gasteiger partial charge in [-0.3, -0.25) is 19.7 Å². The molecular weight excluding hydrogens is 411 g/mol. The zero-order valence-corrected chi connectivity index (χ0v) is 15.2. The number of benzene rings is 2. The van der Waals surface area contributed by atoms with Gasteiger partial charge >= 0.3 is 5.97 Å². The average Bonchev–Trinajstić information content (AvgIpc) is 2.57. The number of nitro groups is 1. The van der Waals surface area contributed by atoms with Gasteiger partial charge in [0.2, 0.25) is 0 Å². The zero-order chi connectivity index (χ0) is 19.3. The van der Waals surface area contributed by atoms with Crippen LogP contribution in [0.2, 0.25) is 0 Å². The fraction of sp³-hybridized carbons (Fsp3) is 0.176. The van der Waals surface area contributed by atoms with E-state index in [1.807, 2.05) is 0 Å². The summed E-state index contributed by atoms with van der Waals surface area (Å²) in [5, 5.41) is 13.3. The fourth-order valence-electron chi connectivity index (χ4n) is 2.11. The highest BCUT2D eigenvalue weighted by Crippen LogP contribution is 2.20. The van der Waals surface area contributed by atoms with Gasteiger partial charge in [-0.15, -0.1) is 0 Å². The van der Waals surface area contributed by atoms with E-state index in [1.165, 1.54) is 37.3 Å². The molecule has 136 valence electrons. The number of nitrogens with one attached hydrogen (secondary N) is 1. The fourth-order valence-corrected chi connectivity index (χ4v) is 2.44. The average molecular weight is 425 g/mol. The molecule has 0 aromatic heterocycles. The number of ether oxygens (including phenoxy) is 1. The number of nitrogens with zero attached hydrogens (tertiary/aromatic N) is 1.